The molecule has 88 valence electrons. The fraction of sp³-hybridized carbons (Fsp3) is 0.571. The third-order valence-electron chi connectivity index (χ3n) is 3.29. The predicted molar refractivity (Wildman–Crippen MR) is 72.7 cm³/mol. The van der Waals surface area contributed by atoms with Crippen LogP contribution in [0.4, 0.5) is 0 Å². The molecule has 2 rings (SSSR count). The number of halogens is 1. The van der Waals surface area contributed by atoms with Gasteiger partial charge in [-0.15, -0.1) is 0 Å². The van der Waals surface area contributed by atoms with Gasteiger partial charge in [0.25, 0.3) is 0 Å². The van der Waals surface area contributed by atoms with E-state index in [-0.39, 0.29) is 0 Å². The van der Waals surface area contributed by atoms with Gasteiger partial charge in [0.05, 0.1) is 0 Å². The van der Waals surface area contributed by atoms with Crippen LogP contribution in [0.15, 0.2) is 28.7 Å². The minimum atomic E-state index is 0.746. The number of hydrogen-bond acceptors (Lipinski definition) is 1. The van der Waals surface area contributed by atoms with Crippen molar-refractivity contribution in [3.63, 3.8) is 0 Å². The first-order valence-electron chi connectivity index (χ1n) is 6.14. The van der Waals surface area contributed by atoms with Gasteiger partial charge in [-0.25, -0.2) is 0 Å². The molecule has 0 aromatic heterocycles. The second-order valence-electron chi connectivity index (χ2n) is 5.22. The Hall–Kier alpha value is -0.340. The highest BCUT2D eigenvalue weighted by atomic mass is 79.9. The molecule has 0 spiro atoms. The Morgan fingerprint density at radius 2 is 1.88 bits per heavy atom. The molecular formula is C14H20BrN. The summed E-state index contributed by atoms with van der Waals surface area (Å²) in [7, 11) is 0. The molecule has 0 unspecified atom stereocenters. The number of nitrogens with one attached hydrogen (secondary N) is 1. The Labute approximate surface area is 107 Å². The molecule has 0 saturated heterocycles. The van der Waals surface area contributed by atoms with E-state index >= 15 is 0 Å². The molecule has 0 atom stereocenters. The zero-order valence-electron chi connectivity index (χ0n) is 10.0. The van der Waals surface area contributed by atoms with Crippen molar-refractivity contribution in [3.8, 4) is 0 Å². The highest BCUT2D eigenvalue weighted by molar-refractivity contribution is 9.10. The van der Waals surface area contributed by atoms with Gasteiger partial charge < -0.3 is 5.32 Å². The SMILES string of the molecule is CC(C)CNC1CC(c2ccc(Br)cc2)C1. The largest absolute Gasteiger partial charge is 0.314 e. The van der Waals surface area contributed by atoms with Crippen LogP contribution in [0.1, 0.15) is 38.2 Å². The van der Waals surface area contributed by atoms with Crippen molar-refractivity contribution < 1.29 is 0 Å². The normalized spacial score (nSPS) is 24.5. The van der Waals surface area contributed by atoms with Gasteiger partial charge in [-0.2, -0.15) is 0 Å². The third-order valence-corrected chi connectivity index (χ3v) is 3.82. The monoisotopic (exact) mass is 281 g/mol. The summed E-state index contributed by atoms with van der Waals surface area (Å²) < 4.78 is 1.17. The van der Waals surface area contributed by atoms with Crippen molar-refractivity contribution in [2.45, 2.75) is 38.6 Å². The fourth-order valence-corrected chi connectivity index (χ4v) is 2.46. The van der Waals surface area contributed by atoms with Crippen molar-refractivity contribution >= 4 is 15.9 Å². The van der Waals surface area contributed by atoms with E-state index < -0.39 is 0 Å². The Balaban J connectivity index is 1.77. The first-order valence-corrected chi connectivity index (χ1v) is 6.93. The van der Waals surface area contributed by atoms with Gasteiger partial charge >= 0.3 is 0 Å². The Morgan fingerprint density at radius 1 is 1.25 bits per heavy atom. The molecule has 0 aliphatic heterocycles. The minimum Gasteiger partial charge on any atom is -0.314 e. The molecule has 1 aliphatic carbocycles. The van der Waals surface area contributed by atoms with Gasteiger partial charge in [0.15, 0.2) is 0 Å². The van der Waals surface area contributed by atoms with Crippen LogP contribution in [0.5, 0.6) is 0 Å². The molecule has 0 radical (unpaired) electrons. The van der Waals surface area contributed by atoms with E-state index in [2.05, 4.69) is 59.4 Å². The second-order valence-corrected chi connectivity index (χ2v) is 6.13. The average molecular weight is 282 g/mol. The van der Waals surface area contributed by atoms with Gasteiger partial charge in [-0.3, -0.25) is 0 Å². The quantitative estimate of drug-likeness (QED) is 0.882. The lowest BCUT2D eigenvalue weighted by Crippen LogP contribution is -2.41. The molecule has 1 N–H and O–H groups in total. The summed E-state index contributed by atoms with van der Waals surface area (Å²) in [6, 6.07) is 9.52. The third kappa shape index (κ3) is 3.08. The van der Waals surface area contributed by atoms with Gasteiger partial charge in [-0.1, -0.05) is 41.9 Å². The van der Waals surface area contributed by atoms with Gasteiger partial charge in [0, 0.05) is 10.5 Å². The molecule has 1 aromatic carbocycles. The molecule has 16 heavy (non-hydrogen) atoms. The highest BCUT2D eigenvalue weighted by Gasteiger charge is 2.29. The zero-order valence-corrected chi connectivity index (χ0v) is 11.6. The summed E-state index contributed by atoms with van der Waals surface area (Å²) in [5, 5.41) is 3.62. The molecular weight excluding hydrogens is 262 g/mol. The molecule has 0 heterocycles. The maximum atomic E-state index is 3.62. The lowest BCUT2D eigenvalue weighted by atomic mass is 9.76. The first-order chi connectivity index (χ1) is 7.65. The number of rotatable bonds is 4. The first kappa shape index (κ1) is 12.1. The number of benzene rings is 1. The van der Waals surface area contributed by atoms with E-state index in [4.69, 9.17) is 0 Å². The summed E-state index contributed by atoms with van der Waals surface area (Å²) >= 11 is 3.47. The molecule has 0 amide bonds. The van der Waals surface area contributed by atoms with E-state index in [1.807, 2.05) is 0 Å². The summed E-state index contributed by atoms with van der Waals surface area (Å²) in [5.41, 5.74) is 1.49. The van der Waals surface area contributed by atoms with Gasteiger partial charge in [-0.05, 0) is 48.9 Å². The topological polar surface area (TPSA) is 12.0 Å². The molecule has 1 aromatic rings. The van der Waals surface area contributed by atoms with Crippen LogP contribution in [-0.2, 0) is 0 Å². The Kier molecular flexibility index (Phi) is 4.04. The zero-order chi connectivity index (χ0) is 11.5. The van der Waals surface area contributed by atoms with E-state index in [0.29, 0.717) is 0 Å². The van der Waals surface area contributed by atoms with Crippen LogP contribution < -0.4 is 5.32 Å². The summed E-state index contributed by atoms with van der Waals surface area (Å²) in [4.78, 5) is 0. The Bertz CT molecular complexity index is 325. The Morgan fingerprint density at radius 3 is 2.44 bits per heavy atom. The maximum absolute atomic E-state index is 3.62. The number of hydrogen-bond donors (Lipinski definition) is 1. The summed E-state index contributed by atoms with van der Waals surface area (Å²) in [5.74, 6) is 1.53. The van der Waals surface area contributed by atoms with Gasteiger partial charge in [0.2, 0.25) is 0 Å². The standard InChI is InChI=1S/C14H20BrN/c1-10(2)9-16-14-7-12(8-14)11-3-5-13(15)6-4-11/h3-6,10,12,14,16H,7-9H2,1-2H3. The molecule has 2 heteroatoms. The van der Waals surface area contributed by atoms with Crippen LogP contribution in [0.2, 0.25) is 0 Å². The summed E-state index contributed by atoms with van der Waals surface area (Å²) in [6.45, 7) is 5.67. The minimum absolute atomic E-state index is 0.746. The van der Waals surface area contributed by atoms with Crippen molar-refractivity contribution in [2.75, 3.05) is 6.54 Å². The van der Waals surface area contributed by atoms with Crippen LogP contribution >= 0.6 is 15.9 Å². The lowest BCUT2D eigenvalue weighted by molar-refractivity contribution is 0.282. The van der Waals surface area contributed by atoms with E-state index in [9.17, 15) is 0 Å². The smallest absolute Gasteiger partial charge is 0.0175 e. The molecule has 1 aliphatic rings. The van der Waals surface area contributed by atoms with Crippen LogP contribution in [0.3, 0.4) is 0 Å². The van der Waals surface area contributed by atoms with E-state index in [0.717, 1.165) is 24.4 Å². The fourth-order valence-electron chi connectivity index (χ4n) is 2.19. The van der Waals surface area contributed by atoms with Crippen molar-refractivity contribution in [3.05, 3.63) is 34.3 Å². The van der Waals surface area contributed by atoms with Crippen LogP contribution in [-0.4, -0.2) is 12.6 Å². The molecule has 1 nitrogen and oxygen atoms in total. The van der Waals surface area contributed by atoms with Crippen molar-refractivity contribution in [1.82, 2.24) is 5.32 Å². The highest BCUT2D eigenvalue weighted by Crippen LogP contribution is 2.37. The van der Waals surface area contributed by atoms with Crippen LogP contribution in [0.25, 0.3) is 0 Å². The average Bonchev–Trinajstić information content (AvgIpc) is 2.18. The van der Waals surface area contributed by atoms with Crippen molar-refractivity contribution in [2.24, 2.45) is 5.92 Å². The van der Waals surface area contributed by atoms with E-state index in [1.54, 1.807) is 0 Å². The lowest BCUT2D eigenvalue weighted by Gasteiger charge is -2.37. The maximum Gasteiger partial charge on any atom is 0.0175 e. The molecule has 1 fully saturated rings. The second kappa shape index (κ2) is 5.33. The molecule has 1 saturated carbocycles. The summed E-state index contributed by atoms with van der Waals surface area (Å²) in [6.07, 6.45) is 2.60. The van der Waals surface area contributed by atoms with E-state index in [1.165, 1.54) is 22.9 Å². The van der Waals surface area contributed by atoms with Gasteiger partial charge in [0.1, 0.15) is 0 Å². The van der Waals surface area contributed by atoms with Crippen molar-refractivity contribution in [1.29, 1.82) is 0 Å². The molecule has 0 bridgehead atoms. The predicted octanol–water partition coefficient (Wildman–Crippen LogP) is 3.94. The van der Waals surface area contributed by atoms with Crippen LogP contribution in [0, 0.1) is 5.92 Å².